The summed E-state index contributed by atoms with van der Waals surface area (Å²) >= 11 is 0. The van der Waals surface area contributed by atoms with Gasteiger partial charge in [0.05, 0.1) is 7.11 Å². The molecule has 0 radical (unpaired) electrons. The Bertz CT molecular complexity index is 402. The third-order valence-corrected chi connectivity index (χ3v) is 2.91. The van der Waals surface area contributed by atoms with Crippen molar-refractivity contribution >= 4 is 11.7 Å². The Morgan fingerprint density at radius 3 is 2.88 bits per heavy atom. The van der Waals surface area contributed by atoms with Crippen LogP contribution in [-0.2, 0) is 0 Å². The second-order valence-corrected chi connectivity index (χ2v) is 4.18. The second-order valence-electron chi connectivity index (χ2n) is 4.18. The van der Waals surface area contributed by atoms with Crippen LogP contribution in [0.3, 0.4) is 0 Å². The molecule has 1 fully saturated rings. The molecule has 2 amide bonds. The van der Waals surface area contributed by atoms with Crippen molar-refractivity contribution in [3.8, 4) is 5.75 Å². The number of benzene rings is 1. The minimum absolute atomic E-state index is 0.0248. The summed E-state index contributed by atoms with van der Waals surface area (Å²) < 4.78 is 5.12. The molecule has 1 saturated carbocycles. The van der Waals surface area contributed by atoms with Crippen molar-refractivity contribution < 1.29 is 9.53 Å². The van der Waals surface area contributed by atoms with Crippen LogP contribution in [0, 0.1) is 0 Å². The lowest BCUT2D eigenvalue weighted by Crippen LogP contribution is -2.36. The van der Waals surface area contributed by atoms with Gasteiger partial charge in [0, 0.05) is 24.3 Å². The first-order valence-electron chi connectivity index (χ1n) is 5.96. The molecule has 1 aliphatic carbocycles. The number of carbonyl (C=O) groups is 1. The Morgan fingerprint density at radius 2 is 2.29 bits per heavy atom. The van der Waals surface area contributed by atoms with Gasteiger partial charge in [0.2, 0.25) is 0 Å². The van der Waals surface area contributed by atoms with Crippen LogP contribution in [0.25, 0.3) is 0 Å². The molecule has 2 rings (SSSR count). The van der Waals surface area contributed by atoms with Gasteiger partial charge < -0.3 is 15.0 Å². The molecule has 1 N–H and O–H groups in total. The maximum Gasteiger partial charge on any atom is 0.322 e. The molecule has 4 heteroatoms. The Morgan fingerprint density at radius 1 is 1.53 bits per heavy atom. The summed E-state index contributed by atoms with van der Waals surface area (Å²) in [5.74, 6) is 0.747. The predicted octanol–water partition coefficient (Wildman–Crippen LogP) is 2.71. The number of anilines is 1. The fourth-order valence-electron chi connectivity index (χ4n) is 1.85. The Balaban J connectivity index is 2.01. The van der Waals surface area contributed by atoms with Crippen molar-refractivity contribution in [3.05, 3.63) is 24.3 Å². The van der Waals surface area contributed by atoms with E-state index in [4.69, 9.17) is 4.74 Å². The number of ether oxygens (including phenoxy) is 1. The summed E-state index contributed by atoms with van der Waals surface area (Å²) in [6.45, 7) is 2.75. The fraction of sp³-hybridized carbons (Fsp3) is 0.462. The minimum Gasteiger partial charge on any atom is -0.497 e. The predicted molar refractivity (Wildman–Crippen MR) is 67.4 cm³/mol. The van der Waals surface area contributed by atoms with Crippen molar-refractivity contribution in [1.82, 2.24) is 4.90 Å². The number of rotatable bonds is 4. The van der Waals surface area contributed by atoms with Crippen LogP contribution in [0.1, 0.15) is 19.8 Å². The van der Waals surface area contributed by atoms with Gasteiger partial charge in [-0.25, -0.2) is 4.79 Å². The summed E-state index contributed by atoms with van der Waals surface area (Å²) in [4.78, 5) is 13.9. The van der Waals surface area contributed by atoms with Crippen LogP contribution in [0.5, 0.6) is 5.75 Å². The van der Waals surface area contributed by atoms with Crippen LogP contribution in [0.4, 0.5) is 10.5 Å². The lowest BCUT2D eigenvalue weighted by atomic mass is 10.3. The number of nitrogens with zero attached hydrogens (tertiary/aromatic N) is 1. The van der Waals surface area contributed by atoms with Gasteiger partial charge in [-0.1, -0.05) is 6.07 Å². The van der Waals surface area contributed by atoms with Crippen LogP contribution in [-0.4, -0.2) is 30.6 Å². The summed E-state index contributed by atoms with van der Waals surface area (Å²) in [6.07, 6.45) is 2.25. The lowest BCUT2D eigenvalue weighted by Gasteiger charge is -2.20. The molecule has 0 spiro atoms. The number of hydrogen-bond acceptors (Lipinski definition) is 2. The molecule has 0 aromatic heterocycles. The van der Waals surface area contributed by atoms with E-state index in [1.165, 1.54) is 0 Å². The van der Waals surface area contributed by atoms with Gasteiger partial charge >= 0.3 is 6.03 Å². The second kappa shape index (κ2) is 5.08. The van der Waals surface area contributed by atoms with Crippen LogP contribution in [0.2, 0.25) is 0 Å². The van der Waals surface area contributed by atoms with E-state index >= 15 is 0 Å². The van der Waals surface area contributed by atoms with Crippen molar-refractivity contribution in [1.29, 1.82) is 0 Å². The number of hydrogen-bond donors (Lipinski definition) is 1. The molecule has 1 aliphatic rings. The van der Waals surface area contributed by atoms with Gasteiger partial charge in [-0.3, -0.25) is 0 Å². The van der Waals surface area contributed by atoms with Gasteiger partial charge in [-0.2, -0.15) is 0 Å². The van der Waals surface area contributed by atoms with E-state index in [1.54, 1.807) is 7.11 Å². The number of carbonyl (C=O) groups excluding carboxylic acids is 1. The molecule has 0 aliphatic heterocycles. The average Bonchev–Trinajstić information content (AvgIpc) is 3.15. The van der Waals surface area contributed by atoms with Gasteiger partial charge in [0.1, 0.15) is 5.75 Å². The summed E-state index contributed by atoms with van der Waals surface area (Å²) in [5, 5.41) is 2.90. The van der Waals surface area contributed by atoms with Gasteiger partial charge in [-0.05, 0) is 31.9 Å². The molecular formula is C13H18N2O2. The Hall–Kier alpha value is -1.71. The zero-order valence-electron chi connectivity index (χ0n) is 10.3. The van der Waals surface area contributed by atoms with E-state index < -0.39 is 0 Å². The largest absolute Gasteiger partial charge is 0.497 e. The molecule has 0 atom stereocenters. The van der Waals surface area contributed by atoms with Crippen molar-refractivity contribution in [2.45, 2.75) is 25.8 Å². The molecular weight excluding hydrogens is 216 g/mol. The topological polar surface area (TPSA) is 41.6 Å². The smallest absolute Gasteiger partial charge is 0.322 e. The zero-order valence-corrected chi connectivity index (χ0v) is 10.3. The Labute approximate surface area is 102 Å². The summed E-state index contributed by atoms with van der Waals surface area (Å²) in [6, 6.07) is 7.81. The number of amides is 2. The summed E-state index contributed by atoms with van der Waals surface area (Å²) in [7, 11) is 1.61. The normalized spacial score (nSPS) is 14.2. The maximum absolute atomic E-state index is 12.0. The maximum atomic E-state index is 12.0. The van der Waals surface area contributed by atoms with E-state index in [9.17, 15) is 4.79 Å². The van der Waals surface area contributed by atoms with Gasteiger partial charge in [0.25, 0.3) is 0 Å². The zero-order chi connectivity index (χ0) is 12.3. The quantitative estimate of drug-likeness (QED) is 0.870. The monoisotopic (exact) mass is 234 g/mol. The average molecular weight is 234 g/mol. The molecule has 92 valence electrons. The highest BCUT2D eigenvalue weighted by Crippen LogP contribution is 2.27. The van der Waals surface area contributed by atoms with E-state index in [-0.39, 0.29) is 6.03 Å². The van der Waals surface area contributed by atoms with Gasteiger partial charge in [-0.15, -0.1) is 0 Å². The Kier molecular flexibility index (Phi) is 3.52. The van der Waals surface area contributed by atoms with Crippen LogP contribution < -0.4 is 10.1 Å². The van der Waals surface area contributed by atoms with Gasteiger partial charge in [0.15, 0.2) is 0 Å². The highest BCUT2D eigenvalue weighted by atomic mass is 16.5. The van der Waals surface area contributed by atoms with Crippen molar-refractivity contribution in [3.63, 3.8) is 0 Å². The first-order valence-corrected chi connectivity index (χ1v) is 5.96. The fourth-order valence-corrected chi connectivity index (χ4v) is 1.85. The molecule has 0 heterocycles. The van der Waals surface area contributed by atoms with E-state index in [2.05, 4.69) is 5.32 Å². The van der Waals surface area contributed by atoms with E-state index in [0.717, 1.165) is 30.8 Å². The number of urea groups is 1. The SMILES string of the molecule is CCN(C(=O)Nc1cccc(OC)c1)C1CC1. The molecule has 0 bridgehead atoms. The number of nitrogens with one attached hydrogen (secondary N) is 1. The molecule has 0 unspecified atom stereocenters. The number of methoxy groups -OCH3 is 1. The third-order valence-electron chi connectivity index (χ3n) is 2.91. The van der Waals surface area contributed by atoms with E-state index in [1.807, 2.05) is 36.1 Å². The van der Waals surface area contributed by atoms with Crippen LogP contribution >= 0.6 is 0 Å². The van der Waals surface area contributed by atoms with Crippen molar-refractivity contribution in [2.75, 3.05) is 19.0 Å². The molecule has 1 aromatic rings. The summed E-state index contributed by atoms with van der Waals surface area (Å²) in [5.41, 5.74) is 0.772. The molecule has 1 aromatic carbocycles. The highest BCUT2D eigenvalue weighted by Gasteiger charge is 2.31. The third kappa shape index (κ3) is 2.90. The minimum atomic E-state index is -0.0248. The van der Waals surface area contributed by atoms with Crippen molar-refractivity contribution in [2.24, 2.45) is 0 Å². The first-order chi connectivity index (χ1) is 8.24. The van der Waals surface area contributed by atoms with Crippen LogP contribution in [0.15, 0.2) is 24.3 Å². The first kappa shape index (κ1) is 11.8. The highest BCUT2D eigenvalue weighted by molar-refractivity contribution is 5.89. The lowest BCUT2D eigenvalue weighted by molar-refractivity contribution is 0.212. The molecule has 0 saturated heterocycles. The molecule has 17 heavy (non-hydrogen) atoms. The molecule has 4 nitrogen and oxygen atoms in total. The van der Waals surface area contributed by atoms with E-state index in [0.29, 0.717) is 6.04 Å². The standard InChI is InChI=1S/C13H18N2O2/c1-3-15(11-7-8-11)13(16)14-10-5-4-6-12(9-10)17-2/h4-6,9,11H,3,7-8H2,1-2H3,(H,14,16).